The Hall–Kier alpha value is -1.16. The van der Waals surface area contributed by atoms with Crippen molar-refractivity contribution in [2.75, 3.05) is 38.1 Å². The molecule has 0 atom stereocenters. The SMILES string of the molecule is CN1CCCN(c2ccc(C(C)(C)C)nn2)CC1. The summed E-state index contributed by atoms with van der Waals surface area (Å²) in [6.07, 6.45) is 1.19. The van der Waals surface area contributed by atoms with Crippen LogP contribution < -0.4 is 4.90 Å². The molecule has 1 fully saturated rings. The summed E-state index contributed by atoms with van der Waals surface area (Å²) in [5.74, 6) is 1.01. The lowest BCUT2D eigenvalue weighted by molar-refractivity contribution is 0.360. The minimum absolute atomic E-state index is 0.0739. The summed E-state index contributed by atoms with van der Waals surface area (Å²) in [5, 5.41) is 8.76. The van der Waals surface area contributed by atoms with Gasteiger partial charge in [-0.3, -0.25) is 0 Å². The molecule has 0 N–H and O–H groups in total. The Morgan fingerprint density at radius 3 is 2.39 bits per heavy atom. The van der Waals surface area contributed by atoms with Gasteiger partial charge in [0.25, 0.3) is 0 Å². The van der Waals surface area contributed by atoms with Gasteiger partial charge in [-0.2, -0.15) is 5.10 Å². The van der Waals surface area contributed by atoms with E-state index in [0.29, 0.717) is 0 Å². The van der Waals surface area contributed by atoms with Crippen molar-refractivity contribution >= 4 is 5.82 Å². The summed E-state index contributed by atoms with van der Waals surface area (Å²) in [6.45, 7) is 10.9. The second kappa shape index (κ2) is 5.22. The van der Waals surface area contributed by atoms with Crippen LogP contribution in [-0.4, -0.2) is 48.3 Å². The molecule has 1 aliphatic rings. The van der Waals surface area contributed by atoms with Crippen LogP contribution >= 0.6 is 0 Å². The fraction of sp³-hybridized carbons (Fsp3) is 0.714. The third kappa shape index (κ3) is 3.19. The highest BCUT2D eigenvalue weighted by molar-refractivity contribution is 5.38. The monoisotopic (exact) mass is 248 g/mol. The van der Waals surface area contributed by atoms with Crippen molar-refractivity contribution in [2.45, 2.75) is 32.6 Å². The summed E-state index contributed by atoms with van der Waals surface area (Å²) in [4.78, 5) is 4.71. The molecular formula is C14H24N4. The predicted molar refractivity (Wildman–Crippen MR) is 75.1 cm³/mol. The van der Waals surface area contributed by atoms with Gasteiger partial charge in [0.05, 0.1) is 5.69 Å². The highest BCUT2D eigenvalue weighted by Gasteiger charge is 2.18. The Kier molecular flexibility index (Phi) is 3.85. The summed E-state index contributed by atoms with van der Waals surface area (Å²) in [7, 11) is 2.18. The molecule has 0 bridgehead atoms. The number of nitrogens with zero attached hydrogens (tertiary/aromatic N) is 4. The van der Waals surface area contributed by atoms with Gasteiger partial charge < -0.3 is 9.80 Å². The van der Waals surface area contributed by atoms with E-state index in [2.05, 4.69) is 59.9 Å². The Balaban J connectivity index is 2.09. The number of aromatic nitrogens is 2. The molecule has 0 spiro atoms. The second-order valence-electron chi connectivity index (χ2n) is 6.17. The minimum atomic E-state index is 0.0739. The van der Waals surface area contributed by atoms with Gasteiger partial charge in [0, 0.05) is 25.0 Å². The number of anilines is 1. The predicted octanol–water partition coefficient (Wildman–Crippen LogP) is 1.92. The van der Waals surface area contributed by atoms with Crippen molar-refractivity contribution < 1.29 is 0 Å². The van der Waals surface area contributed by atoms with Gasteiger partial charge in [-0.1, -0.05) is 20.8 Å². The van der Waals surface area contributed by atoms with Crippen molar-refractivity contribution in [3.05, 3.63) is 17.8 Å². The van der Waals surface area contributed by atoms with Gasteiger partial charge in [0.15, 0.2) is 5.82 Å². The zero-order chi connectivity index (χ0) is 13.2. The first-order valence-corrected chi connectivity index (χ1v) is 6.74. The van der Waals surface area contributed by atoms with Crippen LogP contribution in [0.15, 0.2) is 12.1 Å². The first-order valence-electron chi connectivity index (χ1n) is 6.74. The number of rotatable bonds is 1. The molecule has 1 aromatic heterocycles. The third-order valence-corrected chi connectivity index (χ3v) is 3.46. The Bertz CT molecular complexity index is 380. The van der Waals surface area contributed by atoms with E-state index in [1.165, 1.54) is 13.0 Å². The van der Waals surface area contributed by atoms with Crippen molar-refractivity contribution in [3.8, 4) is 0 Å². The van der Waals surface area contributed by atoms with Gasteiger partial charge >= 0.3 is 0 Å². The maximum Gasteiger partial charge on any atom is 0.151 e. The highest BCUT2D eigenvalue weighted by atomic mass is 15.3. The van der Waals surface area contributed by atoms with Crippen molar-refractivity contribution in [1.82, 2.24) is 15.1 Å². The van der Waals surface area contributed by atoms with Gasteiger partial charge in [0.2, 0.25) is 0 Å². The standard InChI is InChI=1S/C14H24N4/c1-14(2,3)12-6-7-13(16-15-12)18-9-5-8-17(4)10-11-18/h6-7H,5,8-11H2,1-4H3. The fourth-order valence-corrected chi connectivity index (χ4v) is 2.17. The largest absolute Gasteiger partial charge is 0.354 e. The van der Waals surface area contributed by atoms with Crippen molar-refractivity contribution in [1.29, 1.82) is 0 Å². The van der Waals surface area contributed by atoms with Gasteiger partial charge in [-0.25, -0.2) is 0 Å². The van der Waals surface area contributed by atoms with E-state index >= 15 is 0 Å². The average Bonchev–Trinajstić information content (AvgIpc) is 2.53. The quantitative estimate of drug-likeness (QED) is 0.760. The molecule has 0 saturated carbocycles. The molecule has 100 valence electrons. The normalized spacial score (nSPS) is 18.8. The molecule has 18 heavy (non-hydrogen) atoms. The highest BCUT2D eigenvalue weighted by Crippen LogP contribution is 2.21. The molecule has 1 aliphatic heterocycles. The number of hydrogen-bond donors (Lipinski definition) is 0. The molecule has 0 amide bonds. The Morgan fingerprint density at radius 1 is 1.00 bits per heavy atom. The summed E-state index contributed by atoms with van der Waals surface area (Å²) >= 11 is 0. The average molecular weight is 248 g/mol. The van der Waals surface area contributed by atoms with Crippen LogP contribution in [-0.2, 0) is 5.41 Å². The molecule has 1 saturated heterocycles. The lowest BCUT2D eigenvalue weighted by Gasteiger charge is -2.22. The molecule has 0 unspecified atom stereocenters. The number of likely N-dealkylation sites (N-methyl/N-ethyl adjacent to an activating group) is 1. The van der Waals surface area contributed by atoms with Crippen LogP contribution in [0.4, 0.5) is 5.82 Å². The zero-order valence-electron chi connectivity index (χ0n) is 12.0. The Labute approximate surface area is 110 Å². The smallest absolute Gasteiger partial charge is 0.151 e. The van der Waals surface area contributed by atoms with E-state index < -0.39 is 0 Å². The van der Waals surface area contributed by atoms with Crippen LogP contribution in [0.1, 0.15) is 32.9 Å². The van der Waals surface area contributed by atoms with Crippen LogP contribution in [0.25, 0.3) is 0 Å². The maximum atomic E-state index is 4.39. The molecule has 0 aliphatic carbocycles. The second-order valence-corrected chi connectivity index (χ2v) is 6.17. The van der Waals surface area contributed by atoms with Gasteiger partial charge in [-0.05, 0) is 32.1 Å². The lowest BCUT2D eigenvalue weighted by Crippen LogP contribution is -2.29. The fourth-order valence-electron chi connectivity index (χ4n) is 2.17. The minimum Gasteiger partial charge on any atom is -0.354 e. The molecule has 2 rings (SSSR count). The van der Waals surface area contributed by atoms with Gasteiger partial charge in [-0.15, -0.1) is 5.10 Å². The van der Waals surface area contributed by atoms with Crippen molar-refractivity contribution in [3.63, 3.8) is 0 Å². The topological polar surface area (TPSA) is 32.3 Å². The van der Waals surface area contributed by atoms with E-state index in [-0.39, 0.29) is 5.41 Å². The molecule has 0 radical (unpaired) electrons. The molecule has 1 aromatic rings. The summed E-state index contributed by atoms with van der Waals surface area (Å²) < 4.78 is 0. The Morgan fingerprint density at radius 2 is 1.78 bits per heavy atom. The molecule has 0 aromatic carbocycles. The summed E-state index contributed by atoms with van der Waals surface area (Å²) in [6, 6.07) is 4.22. The van der Waals surface area contributed by atoms with E-state index in [9.17, 15) is 0 Å². The summed E-state index contributed by atoms with van der Waals surface area (Å²) in [5.41, 5.74) is 1.13. The maximum absolute atomic E-state index is 4.39. The molecule has 4 nitrogen and oxygen atoms in total. The van der Waals surface area contributed by atoms with Crippen LogP contribution in [0, 0.1) is 0 Å². The molecule has 4 heteroatoms. The van der Waals surface area contributed by atoms with E-state index in [4.69, 9.17) is 0 Å². The van der Waals surface area contributed by atoms with Crippen molar-refractivity contribution in [2.24, 2.45) is 0 Å². The first kappa shape index (κ1) is 13.3. The zero-order valence-corrected chi connectivity index (χ0v) is 12.0. The molecule has 2 heterocycles. The van der Waals surface area contributed by atoms with E-state index in [1.807, 2.05) is 0 Å². The van der Waals surface area contributed by atoms with Crippen LogP contribution in [0.5, 0.6) is 0 Å². The van der Waals surface area contributed by atoms with E-state index in [0.717, 1.165) is 31.1 Å². The van der Waals surface area contributed by atoms with E-state index in [1.54, 1.807) is 0 Å². The van der Waals surface area contributed by atoms with Crippen LogP contribution in [0.2, 0.25) is 0 Å². The molecular weight excluding hydrogens is 224 g/mol. The van der Waals surface area contributed by atoms with Gasteiger partial charge in [0.1, 0.15) is 0 Å². The first-order chi connectivity index (χ1) is 8.47. The van der Waals surface area contributed by atoms with Crippen LogP contribution in [0.3, 0.4) is 0 Å². The number of hydrogen-bond acceptors (Lipinski definition) is 4. The third-order valence-electron chi connectivity index (χ3n) is 3.46. The lowest BCUT2D eigenvalue weighted by atomic mass is 9.92.